The van der Waals surface area contributed by atoms with Gasteiger partial charge >= 0.3 is 5.69 Å². The van der Waals surface area contributed by atoms with E-state index in [4.69, 9.17) is 19.3 Å². The number of hydrogen-bond donors (Lipinski definition) is 1. The molecule has 4 atom stereocenters. The van der Waals surface area contributed by atoms with Gasteiger partial charge in [0.25, 0.3) is 8.32 Å². The van der Waals surface area contributed by atoms with E-state index in [-0.39, 0.29) is 22.5 Å². The summed E-state index contributed by atoms with van der Waals surface area (Å²) in [5, 5.41) is 1.63. The van der Waals surface area contributed by atoms with E-state index in [1.54, 1.807) is 0 Å². The SMILES string of the molecule is C=C(C)[C@]1(CO[Si](c2ccccc2)(c2ccccc2)C(C)(C)C)O[C@@H](n2ccc(N)nc2=O)[C@H](F)[C@@H]1O[Si](C)(C)C(C)(C)C. The van der Waals surface area contributed by atoms with Gasteiger partial charge in [0, 0.05) is 6.20 Å². The lowest BCUT2D eigenvalue weighted by molar-refractivity contribution is -0.0996. The van der Waals surface area contributed by atoms with E-state index in [2.05, 4.69) is 90.5 Å². The number of halogens is 1. The Hall–Kier alpha value is -2.90. The minimum absolute atomic E-state index is 0.0248. The van der Waals surface area contributed by atoms with Crippen LogP contribution in [0.3, 0.4) is 0 Å². The number of nitrogens with zero attached hydrogens (tertiary/aromatic N) is 2. The highest BCUT2D eigenvalue weighted by atomic mass is 28.4. The fourth-order valence-electron chi connectivity index (χ4n) is 5.80. The molecule has 3 aromatic rings. The zero-order valence-electron chi connectivity index (χ0n) is 27.6. The van der Waals surface area contributed by atoms with Gasteiger partial charge in [-0.25, -0.2) is 9.18 Å². The van der Waals surface area contributed by atoms with Gasteiger partial charge in [-0.05, 0) is 52.1 Å². The predicted molar refractivity (Wildman–Crippen MR) is 181 cm³/mol. The lowest BCUT2D eigenvalue weighted by Gasteiger charge is -2.47. The van der Waals surface area contributed by atoms with Gasteiger partial charge in [-0.1, -0.05) is 109 Å². The van der Waals surface area contributed by atoms with Crippen LogP contribution in [0.5, 0.6) is 0 Å². The fourth-order valence-corrected chi connectivity index (χ4v) is 11.7. The Morgan fingerprint density at radius 3 is 1.95 bits per heavy atom. The molecule has 1 aromatic heterocycles. The Labute approximate surface area is 263 Å². The van der Waals surface area contributed by atoms with E-state index < -0.39 is 46.4 Å². The van der Waals surface area contributed by atoms with Crippen molar-refractivity contribution in [3.63, 3.8) is 0 Å². The number of anilines is 1. The maximum Gasteiger partial charge on any atom is 0.351 e. The van der Waals surface area contributed by atoms with Crippen molar-refractivity contribution in [3.05, 3.63) is 95.6 Å². The van der Waals surface area contributed by atoms with Crippen LogP contribution in [0.4, 0.5) is 10.2 Å². The summed E-state index contributed by atoms with van der Waals surface area (Å²) in [6.45, 7) is 23.1. The van der Waals surface area contributed by atoms with Crippen LogP contribution < -0.4 is 21.8 Å². The largest absolute Gasteiger partial charge is 0.407 e. The first-order valence-electron chi connectivity index (χ1n) is 15.1. The summed E-state index contributed by atoms with van der Waals surface area (Å²) >= 11 is 0. The Balaban J connectivity index is 1.91. The van der Waals surface area contributed by atoms with Crippen LogP contribution >= 0.6 is 0 Å². The van der Waals surface area contributed by atoms with Gasteiger partial charge < -0.3 is 19.3 Å². The van der Waals surface area contributed by atoms with Crippen molar-refractivity contribution in [2.45, 2.75) is 95.7 Å². The molecule has 7 nitrogen and oxygen atoms in total. The predicted octanol–water partition coefficient (Wildman–Crippen LogP) is 5.97. The Kier molecular flexibility index (Phi) is 9.37. The molecule has 10 heteroatoms. The highest BCUT2D eigenvalue weighted by Crippen LogP contribution is 2.49. The zero-order chi connectivity index (χ0) is 32.7. The molecule has 0 bridgehead atoms. The number of ether oxygens (including phenoxy) is 1. The molecule has 0 saturated carbocycles. The molecule has 1 saturated heterocycles. The third kappa shape index (κ3) is 6.02. The molecule has 1 fully saturated rings. The van der Waals surface area contributed by atoms with Gasteiger partial charge in [0.15, 0.2) is 20.7 Å². The van der Waals surface area contributed by atoms with E-state index in [0.717, 1.165) is 14.9 Å². The van der Waals surface area contributed by atoms with Gasteiger partial charge in [-0.2, -0.15) is 4.98 Å². The van der Waals surface area contributed by atoms with Gasteiger partial charge in [0.1, 0.15) is 17.5 Å². The maximum atomic E-state index is 17.0. The van der Waals surface area contributed by atoms with Crippen molar-refractivity contribution < 1.29 is 18.0 Å². The minimum atomic E-state index is -3.06. The van der Waals surface area contributed by atoms with Crippen LogP contribution in [0.25, 0.3) is 0 Å². The number of nitrogens with two attached hydrogens (primary N) is 1. The Bertz CT molecular complexity index is 1480. The summed E-state index contributed by atoms with van der Waals surface area (Å²) in [5.41, 5.74) is 4.21. The third-order valence-electron chi connectivity index (χ3n) is 9.35. The summed E-state index contributed by atoms with van der Waals surface area (Å²) in [4.78, 5) is 16.8. The van der Waals surface area contributed by atoms with Crippen LogP contribution in [0.1, 0.15) is 54.7 Å². The lowest BCUT2D eigenvalue weighted by atomic mass is 9.90. The molecular weight excluding hydrogens is 590 g/mol. The molecule has 1 aliphatic rings. The second kappa shape index (κ2) is 12.1. The number of alkyl halides is 1. The number of rotatable bonds is 9. The summed E-state index contributed by atoms with van der Waals surface area (Å²) in [5.74, 6) is 0.0508. The summed E-state index contributed by atoms with van der Waals surface area (Å²) in [7, 11) is -5.63. The standard InChI is InChI=1S/C34H48FN3O4Si2/c1-24(2)34(23-40-44(33(6,7)8,25-17-13-11-14-18-25)26-19-15-12-16-20-26)29(42-43(9,10)32(3,4)5)28(35)30(41-34)38-22-21-27(36)37-31(38)39/h11-22,28-30H,1,23H2,2-10H3,(H2,36,37,39)/t28-,29+,30-,34+/m1/s1. The molecule has 0 amide bonds. The summed E-state index contributed by atoms with van der Waals surface area (Å²) in [6, 6.07) is 22.0. The highest BCUT2D eigenvalue weighted by Gasteiger charge is 2.62. The summed E-state index contributed by atoms with van der Waals surface area (Å²) < 4.78 is 39.0. The monoisotopic (exact) mass is 637 g/mol. The Morgan fingerprint density at radius 2 is 1.52 bits per heavy atom. The van der Waals surface area contributed by atoms with Crippen molar-refractivity contribution in [1.82, 2.24) is 9.55 Å². The molecule has 44 heavy (non-hydrogen) atoms. The zero-order valence-corrected chi connectivity index (χ0v) is 29.6. The molecule has 0 radical (unpaired) electrons. The average molecular weight is 638 g/mol. The van der Waals surface area contributed by atoms with Gasteiger partial charge in [-0.15, -0.1) is 0 Å². The van der Waals surface area contributed by atoms with Crippen LogP contribution in [0.2, 0.25) is 23.2 Å². The van der Waals surface area contributed by atoms with Crippen molar-refractivity contribution >= 4 is 32.8 Å². The van der Waals surface area contributed by atoms with E-state index in [1.807, 2.05) is 43.3 Å². The smallest absolute Gasteiger partial charge is 0.351 e. The average Bonchev–Trinajstić information content (AvgIpc) is 3.20. The van der Waals surface area contributed by atoms with Crippen molar-refractivity contribution in [1.29, 1.82) is 0 Å². The van der Waals surface area contributed by atoms with Crippen LogP contribution in [-0.4, -0.2) is 50.7 Å². The molecule has 0 aliphatic carbocycles. The first kappa shape index (κ1) is 34.0. The first-order valence-corrected chi connectivity index (χ1v) is 19.9. The van der Waals surface area contributed by atoms with E-state index in [9.17, 15) is 4.79 Å². The van der Waals surface area contributed by atoms with Gasteiger partial charge in [0.2, 0.25) is 0 Å². The lowest BCUT2D eigenvalue weighted by Crippen LogP contribution is -2.68. The quantitative estimate of drug-likeness (QED) is 0.230. The van der Waals surface area contributed by atoms with Crippen LogP contribution in [0, 0.1) is 0 Å². The molecule has 0 unspecified atom stereocenters. The molecule has 2 aromatic carbocycles. The molecule has 1 aliphatic heterocycles. The number of benzene rings is 2. The topological polar surface area (TPSA) is 88.6 Å². The van der Waals surface area contributed by atoms with Gasteiger partial charge in [0.05, 0.1) is 6.61 Å². The molecule has 2 heterocycles. The summed E-state index contributed by atoms with van der Waals surface area (Å²) in [6.07, 6.45) is -2.70. The van der Waals surface area contributed by atoms with E-state index >= 15 is 4.39 Å². The Morgan fingerprint density at radius 1 is 1.00 bits per heavy atom. The van der Waals surface area contributed by atoms with Crippen molar-refractivity contribution in [2.24, 2.45) is 0 Å². The van der Waals surface area contributed by atoms with Crippen LogP contribution in [0.15, 0.2) is 89.9 Å². The second-order valence-electron chi connectivity index (χ2n) is 14.4. The number of aromatic nitrogens is 2. The fraction of sp³-hybridized carbons (Fsp3) is 0.471. The number of hydrogen-bond acceptors (Lipinski definition) is 6. The third-order valence-corrected chi connectivity index (χ3v) is 18.8. The van der Waals surface area contributed by atoms with Crippen LogP contribution in [-0.2, 0) is 13.6 Å². The van der Waals surface area contributed by atoms with E-state index in [0.29, 0.717) is 5.57 Å². The molecule has 4 rings (SSSR count). The molecule has 0 spiro atoms. The number of nitrogen functional groups attached to an aromatic ring is 1. The highest BCUT2D eigenvalue weighted by molar-refractivity contribution is 6.99. The molecule has 238 valence electrons. The van der Waals surface area contributed by atoms with E-state index in [1.165, 1.54) is 12.3 Å². The van der Waals surface area contributed by atoms with Crippen molar-refractivity contribution in [3.8, 4) is 0 Å². The first-order chi connectivity index (χ1) is 20.4. The normalized spacial score (nSPS) is 23.1. The van der Waals surface area contributed by atoms with Gasteiger partial charge in [-0.3, -0.25) is 4.57 Å². The molecule has 2 N–H and O–H groups in total. The second-order valence-corrected chi connectivity index (χ2v) is 23.5. The minimum Gasteiger partial charge on any atom is -0.407 e. The molecular formula is C34H48FN3O4Si2. The maximum absolute atomic E-state index is 17.0. The van der Waals surface area contributed by atoms with Crippen molar-refractivity contribution in [2.75, 3.05) is 12.3 Å².